The van der Waals surface area contributed by atoms with E-state index in [9.17, 15) is 0 Å². The Morgan fingerprint density at radius 3 is 2.33 bits per heavy atom. The van der Waals surface area contributed by atoms with E-state index in [1.165, 1.54) is 0 Å². The maximum absolute atomic E-state index is 4.77. The van der Waals surface area contributed by atoms with Gasteiger partial charge in [0.2, 0.25) is 0 Å². The minimum absolute atomic E-state index is 0.144. The molecule has 0 saturated heterocycles. The monoisotopic (exact) mass is 85.1 g/mol. The fraction of sp³-hybridized carbons (Fsp3) is 0.750. The molecule has 0 aromatic heterocycles. The molecule has 0 N–H and O–H groups in total. The summed E-state index contributed by atoms with van der Waals surface area (Å²) in [6.45, 7) is 1.95. The quantitative estimate of drug-likeness (QED) is 0.452. The SMILES string of the molecule is CO[C@@H]1N=C1C. The van der Waals surface area contributed by atoms with Crippen molar-refractivity contribution in [3.8, 4) is 0 Å². The average Bonchev–Trinajstić information content (AvgIpc) is 2.19. The molecule has 6 heavy (non-hydrogen) atoms. The van der Waals surface area contributed by atoms with Crippen molar-refractivity contribution in [2.24, 2.45) is 4.99 Å². The van der Waals surface area contributed by atoms with Gasteiger partial charge in [0.1, 0.15) is 0 Å². The van der Waals surface area contributed by atoms with Gasteiger partial charge in [0.15, 0.2) is 6.23 Å². The van der Waals surface area contributed by atoms with E-state index in [-0.39, 0.29) is 6.23 Å². The first kappa shape index (κ1) is 3.81. The van der Waals surface area contributed by atoms with Crippen molar-refractivity contribution in [1.82, 2.24) is 0 Å². The molecule has 0 radical (unpaired) electrons. The van der Waals surface area contributed by atoms with Crippen LogP contribution < -0.4 is 0 Å². The van der Waals surface area contributed by atoms with Gasteiger partial charge in [-0.05, 0) is 6.92 Å². The zero-order valence-electron chi connectivity index (χ0n) is 3.93. The maximum atomic E-state index is 4.77. The van der Waals surface area contributed by atoms with Crippen LogP contribution in [0.4, 0.5) is 0 Å². The largest absolute Gasteiger partial charge is 0.354 e. The molecular weight excluding hydrogens is 78.0 g/mol. The summed E-state index contributed by atoms with van der Waals surface area (Å²) < 4.78 is 4.77. The van der Waals surface area contributed by atoms with E-state index < -0.39 is 0 Å². The molecule has 1 aliphatic heterocycles. The first-order chi connectivity index (χ1) is 2.84. The molecule has 0 aliphatic carbocycles. The van der Waals surface area contributed by atoms with Gasteiger partial charge >= 0.3 is 0 Å². The Labute approximate surface area is 36.8 Å². The van der Waals surface area contributed by atoms with E-state index in [0.717, 1.165) is 5.71 Å². The van der Waals surface area contributed by atoms with Gasteiger partial charge in [-0.1, -0.05) is 0 Å². The van der Waals surface area contributed by atoms with Gasteiger partial charge in [-0.3, -0.25) is 4.99 Å². The molecule has 0 unspecified atom stereocenters. The van der Waals surface area contributed by atoms with Gasteiger partial charge < -0.3 is 4.74 Å². The highest BCUT2D eigenvalue weighted by Crippen LogP contribution is 2.09. The lowest BCUT2D eigenvalue weighted by atomic mass is 10.5. The molecule has 0 amide bonds. The maximum Gasteiger partial charge on any atom is 0.186 e. The standard InChI is InChI=1S/C4H7NO/c1-3-4(5-3)6-2/h4H,1-2H3/t4-/m0/s1. The minimum atomic E-state index is 0.144. The predicted molar refractivity (Wildman–Crippen MR) is 23.9 cm³/mol. The van der Waals surface area contributed by atoms with Gasteiger partial charge in [0.25, 0.3) is 0 Å². The molecule has 1 aliphatic rings. The third kappa shape index (κ3) is 0.431. The van der Waals surface area contributed by atoms with Crippen LogP contribution in [0.5, 0.6) is 0 Å². The summed E-state index contributed by atoms with van der Waals surface area (Å²) in [5, 5.41) is 0. The molecule has 0 bridgehead atoms. The number of hydrogen-bond acceptors (Lipinski definition) is 2. The van der Waals surface area contributed by atoms with Gasteiger partial charge in [-0.15, -0.1) is 0 Å². The summed E-state index contributed by atoms with van der Waals surface area (Å²) in [6, 6.07) is 0. The molecule has 1 heterocycles. The summed E-state index contributed by atoms with van der Waals surface area (Å²) in [7, 11) is 1.66. The van der Waals surface area contributed by atoms with E-state index in [4.69, 9.17) is 4.74 Å². The summed E-state index contributed by atoms with van der Waals surface area (Å²) in [6.07, 6.45) is 0.144. The Morgan fingerprint density at radius 1 is 1.83 bits per heavy atom. The predicted octanol–water partition coefficient (Wildman–Crippen LogP) is 0.433. The average molecular weight is 85.1 g/mol. The second-order valence-corrected chi connectivity index (χ2v) is 1.36. The Bertz CT molecular complexity index is 87.5. The zero-order chi connectivity index (χ0) is 4.57. The molecule has 2 heteroatoms. The number of ether oxygens (including phenoxy) is 1. The van der Waals surface area contributed by atoms with Crippen LogP contribution in [0.2, 0.25) is 0 Å². The number of nitrogens with zero attached hydrogens (tertiary/aromatic N) is 1. The Balaban J connectivity index is 2.18. The van der Waals surface area contributed by atoms with E-state index in [1.54, 1.807) is 7.11 Å². The van der Waals surface area contributed by atoms with Crippen LogP contribution in [0, 0.1) is 0 Å². The molecule has 0 fully saturated rings. The third-order valence-electron chi connectivity index (χ3n) is 0.834. The topological polar surface area (TPSA) is 21.6 Å². The van der Waals surface area contributed by atoms with Crippen LogP contribution >= 0.6 is 0 Å². The van der Waals surface area contributed by atoms with E-state index in [1.807, 2.05) is 6.92 Å². The van der Waals surface area contributed by atoms with Crippen LogP contribution in [0.1, 0.15) is 6.92 Å². The second-order valence-electron chi connectivity index (χ2n) is 1.36. The number of hydrogen-bond donors (Lipinski definition) is 0. The van der Waals surface area contributed by atoms with Crippen molar-refractivity contribution in [3.63, 3.8) is 0 Å². The molecule has 0 aromatic rings. The Morgan fingerprint density at radius 2 is 2.33 bits per heavy atom. The molecule has 0 spiro atoms. The number of methoxy groups -OCH3 is 1. The second kappa shape index (κ2) is 1.05. The van der Waals surface area contributed by atoms with Crippen molar-refractivity contribution >= 4 is 5.71 Å². The van der Waals surface area contributed by atoms with Crippen molar-refractivity contribution < 1.29 is 4.74 Å². The summed E-state index contributed by atoms with van der Waals surface area (Å²) >= 11 is 0. The summed E-state index contributed by atoms with van der Waals surface area (Å²) in [5.74, 6) is 0. The van der Waals surface area contributed by atoms with E-state index in [0.29, 0.717) is 0 Å². The number of aliphatic imine (C=N–C) groups is 1. The Hall–Kier alpha value is -0.370. The van der Waals surface area contributed by atoms with Crippen molar-refractivity contribution in [1.29, 1.82) is 0 Å². The highest BCUT2D eigenvalue weighted by Gasteiger charge is 2.20. The molecule has 1 rings (SSSR count). The fourth-order valence-corrected chi connectivity index (χ4v) is 0.371. The smallest absolute Gasteiger partial charge is 0.186 e. The fourth-order valence-electron chi connectivity index (χ4n) is 0.371. The van der Waals surface area contributed by atoms with Gasteiger partial charge in [-0.25, -0.2) is 0 Å². The van der Waals surface area contributed by atoms with Crippen LogP contribution in [0.15, 0.2) is 4.99 Å². The molecule has 0 saturated carbocycles. The van der Waals surface area contributed by atoms with Crippen LogP contribution in [-0.2, 0) is 4.74 Å². The lowest BCUT2D eigenvalue weighted by Crippen LogP contribution is -1.93. The van der Waals surface area contributed by atoms with Crippen molar-refractivity contribution in [2.45, 2.75) is 13.2 Å². The van der Waals surface area contributed by atoms with Crippen LogP contribution in [0.25, 0.3) is 0 Å². The van der Waals surface area contributed by atoms with Gasteiger partial charge in [-0.2, -0.15) is 0 Å². The van der Waals surface area contributed by atoms with Crippen molar-refractivity contribution in [3.05, 3.63) is 0 Å². The number of rotatable bonds is 1. The highest BCUT2D eigenvalue weighted by molar-refractivity contribution is 5.97. The first-order valence-electron chi connectivity index (χ1n) is 1.91. The van der Waals surface area contributed by atoms with Gasteiger partial charge in [0, 0.05) is 7.11 Å². The summed E-state index contributed by atoms with van der Waals surface area (Å²) in [5.41, 5.74) is 1.11. The third-order valence-corrected chi connectivity index (χ3v) is 0.834. The van der Waals surface area contributed by atoms with E-state index in [2.05, 4.69) is 4.99 Å². The highest BCUT2D eigenvalue weighted by atomic mass is 16.5. The van der Waals surface area contributed by atoms with E-state index >= 15 is 0 Å². The van der Waals surface area contributed by atoms with Crippen LogP contribution in [0.3, 0.4) is 0 Å². The van der Waals surface area contributed by atoms with Crippen molar-refractivity contribution in [2.75, 3.05) is 7.11 Å². The Kier molecular flexibility index (Phi) is 0.665. The minimum Gasteiger partial charge on any atom is -0.354 e. The molecule has 1 atom stereocenters. The van der Waals surface area contributed by atoms with Crippen LogP contribution in [-0.4, -0.2) is 19.0 Å². The summed E-state index contributed by atoms with van der Waals surface area (Å²) in [4.78, 5) is 3.87. The lowest BCUT2D eigenvalue weighted by molar-refractivity contribution is 0.191. The molecule has 2 nitrogen and oxygen atoms in total. The molecular formula is C4H7NO. The first-order valence-corrected chi connectivity index (χ1v) is 1.91. The molecule has 0 aromatic carbocycles. The molecule has 34 valence electrons. The lowest BCUT2D eigenvalue weighted by Gasteiger charge is -1.82. The van der Waals surface area contributed by atoms with Gasteiger partial charge in [0.05, 0.1) is 5.71 Å². The normalized spacial score (nSPS) is 29.7. The zero-order valence-corrected chi connectivity index (χ0v) is 3.93.